The molecule has 0 radical (unpaired) electrons. The first-order chi connectivity index (χ1) is 9.20. The van der Waals surface area contributed by atoms with Crippen molar-refractivity contribution in [1.82, 2.24) is 0 Å². The van der Waals surface area contributed by atoms with E-state index in [-0.39, 0.29) is 11.9 Å². The van der Waals surface area contributed by atoms with Gasteiger partial charge in [-0.2, -0.15) is 0 Å². The van der Waals surface area contributed by atoms with Gasteiger partial charge in [0.1, 0.15) is 5.82 Å². The van der Waals surface area contributed by atoms with Gasteiger partial charge in [-0.3, -0.25) is 0 Å². The third-order valence-electron chi connectivity index (χ3n) is 4.62. The molecule has 1 aliphatic carbocycles. The standard InChI is InChI=1S/C17H26FN/c1-2-3-4-13-5-7-14(8-6-13)17(19)15-9-11-16(18)12-10-15/h9-14,17H,2-8,19H2,1H3. The molecule has 1 saturated carbocycles. The van der Waals surface area contributed by atoms with Gasteiger partial charge < -0.3 is 5.73 Å². The predicted octanol–water partition coefficient (Wildman–Crippen LogP) is 4.82. The van der Waals surface area contributed by atoms with Gasteiger partial charge >= 0.3 is 0 Å². The van der Waals surface area contributed by atoms with E-state index in [0.717, 1.165) is 11.5 Å². The maximum Gasteiger partial charge on any atom is 0.123 e. The molecule has 0 saturated heterocycles. The van der Waals surface area contributed by atoms with E-state index in [1.165, 1.54) is 57.1 Å². The number of rotatable bonds is 5. The fourth-order valence-corrected chi connectivity index (χ4v) is 3.29. The van der Waals surface area contributed by atoms with Gasteiger partial charge in [0.2, 0.25) is 0 Å². The second kappa shape index (κ2) is 7.04. The Kier molecular flexibility index (Phi) is 5.38. The second-order valence-electron chi connectivity index (χ2n) is 6.00. The van der Waals surface area contributed by atoms with Crippen LogP contribution in [0.1, 0.15) is 63.5 Å². The summed E-state index contributed by atoms with van der Waals surface area (Å²) in [6.07, 6.45) is 9.14. The van der Waals surface area contributed by atoms with Crippen molar-refractivity contribution in [2.75, 3.05) is 0 Å². The molecule has 1 aromatic rings. The summed E-state index contributed by atoms with van der Waals surface area (Å²) in [5.74, 6) is 1.30. The van der Waals surface area contributed by atoms with Crippen molar-refractivity contribution < 1.29 is 4.39 Å². The number of hydrogen-bond acceptors (Lipinski definition) is 1. The molecular weight excluding hydrogens is 237 g/mol. The van der Waals surface area contributed by atoms with Crippen LogP contribution in [-0.2, 0) is 0 Å². The molecule has 1 nitrogen and oxygen atoms in total. The van der Waals surface area contributed by atoms with Gasteiger partial charge in [-0.25, -0.2) is 4.39 Å². The van der Waals surface area contributed by atoms with Gasteiger partial charge in [0.05, 0.1) is 0 Å². The highest BCUT2D eigenvalue weighted by molar-refractivity contribution is 5.20. The first-order valence-corrected chi connectivity index (χ1v) is 7.71. The van der Waals surface area contributed by atoms with Crippen molar-refractivity contribution in [1.29, 1.82) is 0 Å². The first-order valence-electron chi connectivity index (χ1n) is 7.71. The van der Waals surface area contributed by atoms with E-state index >= 15 is 0 Å². The molecule has 19 heavy (non-hydrogen) atoms. The molecular formula is C17H26FN. The molecule has 1 aromatic carbocycles. The fourth-order valence-electron chi connectivity index (χ4n) is 3.29. The monoisotopic (exact) mass is 263 g/mol. The van der Waals surface area contributed by atoms with E-state index in [4.69, 9.17) is 5.73 Å². The molecule has 1 atom stereocenters. The van der Waals surface area contributed by atoms with E-state index in [0.29, 0.717) is 5.92 Å². The Labute approximate surface area is 116 Å². The maximum atomic E-state index is 12.9. The Bertz CT molecular complexity index is 365. The molecule has 0 spiro atoms. The number of halogens is 1. The van der Waals surface area contributed by atoms with Crippen molar-refractivity contribution in [2.24, 2.45) is 17.6 Å². The van der Waals surface area contributed by atoms with Crippen LogP contribution in [0, 0.1) is 17.7 Å². The van der Waals surface area contributed by atoms with Gasteiger partial charge in [0.15, 0.2) is 0 Å². The van der Waals surface area contributed by atoms with Crippen LogP contribution in [-0.4, -0.2) is 0 Å². The number of benzene rings is 1. The van der Waals surface area contributed by atoms with Crippen LogP contribution >= 0.6 is 0 Å². The quantitative estimate of drug-likeness (QED) is 0.809. The van der Waals surface area contributed by atoms with E-state index in [2.05, 4.69) is 6.92 Å². The average Bonchev–Trinajstić information content (AvgIpc) is 2.46. The lowest BCUT2D eigenvalue weighted by Crippen LogP contribution is -2.26. The molecule has 0 amide bonds. The van der Waals surface area contributed by atoms with Crippen molar-refractivity contribution in [3.63, 3.8) is 0 Å². The van der Waals surface area contributed by atoms with Crippen molar-refractivity contribution in [3.05, 3.63) is 35.6 Å². The van der Waals surface area contributed by atoms with Gasteiger partial charge in [0, 0.05) is 6.04 Å². The smallest absolute Gasteiger partial charge is 0.123 e. The molecule has 1 unspecified atom stereocenters. The van der Waals surface area contributed by atoms with E-state index < -0.39 is 0 Å². The molecule has 0 bridgehead atoms. The zero-order valence-corrected chi connectivity index (χ0v) is 11.9. The molecule has 0 heterocycles. The van der Waals surface area contributed by atoms with Crippen LogP contribution in [0.4, 0.5) is 4.39 Å². The van der Waals surface area contributed by atoms with Gasteiger partial charge in [-0.1, -0.05) is 51.2 Å². The third kappa shape index (κ3) is 4.04. The summed E-state index contributed by atoms with van der Waals surface area (Å²) in [5, 5.41) is 0. The van der Waals surface area contributed by atoms with E-state index in [1.807, 2.05) is 12.1 Å². The topological polar surface area (TPSA) is 26.0 Å². The van der Waals surface area contributed by atoms with E-state index in [9.17, 15) is 4.39 Å². The minimum absolute atomic E-state index is 0.0766. The lowest BCUT2D eigenvalue weighted by Gasteiger charge is -2.32. The van der Waals surface area contributed by atoms with Crippen LogP contribution < -0.4 is 5.73 Å². The maximum absolute atomic E-state index is 12.9. The van der Waals surface area contributed by atoms with Gasteiger partial charge in [-0.05, 0) is 42.4 Å². The van der Waals surface area contributed by atoms with Crippen molar-refractivity contribution in [2.45, 2.75) is 57.9 Å². The zero-order chi connectivity index (χ0) is 13.7. The zero-order valence-electron chi connectivity index (χ0n) is 11.9. The summed E-state index contributed by atoms with van der Waals surface area (Å²) in [6, 6.07) is 6.78. The van der Waals surface area contributed by atoms with Crippen LogP contribution in [0.25, 0.3) is 0 Å². The predicted molar refractivity (Wildman–Crippen MR) is 78.3 cm³/mol. The van der Waals surface area contributed by atoms with Crippen molar-refractivity contribution in [3.8, 4) is 0 Å². The van der Waals surface area contributed by atoms with Crippen LogP contribution in [0.5, 0.6) is 0 Å². The summed E-state index contributed by atoms with van der Waals surface area (Å²) in [4.78, 5) is 0. The molecule has 2 heteroatoms. The number of nitrogens with two attached hydrogens (primary N) is 1. The largest absolute Gasteiger partial charge is 0.324 e. The summed E-state index contributed by atoms with van der Waals surface area (Å²) in [6.45, 7) is 2.26. The molecule has 1 aliphatic rings. The summed E-state index contributed by atoms with van der Waals surface area (Å²) in [5.41, 5.74) is 7.42. The van der Waals surface area contributed by atoms with Gasteiger partial charge in [-0.15, -0.1) is 0 Å². The van der Waals surface area contributed by atoms with Crippen LogP contribution in [0.15, 0.2) is 24.3 Å². The number of unbranched alkanes of at least 4 members (excludes halogenated alkanes) is 1. The first kappa shape index (κ1) is 14.5. The second-order valence-corrected chi connectivity index (χ2v) is 6.00. The normalized spacial score (nSPS) is 25.2. The Morgan fingerprint density at radius 3 is 2.37 bits per heavy atom. The Morgan fingerprint density at radius 2 is 1.79 bits per heavy atom. The molecule has 2 N–H and O–H groups in total. The van der Waals surface area contributed by atoms with Gasteiger partial charge in [0.25, 0.3) is 0 Å². The summed E-state index contributed by atoms with van der Waals surface area (Å²) < 4.78 is 12.9. The molecule has 106 valence electrons. The Balaban J connectivity index is 1.85. The Morgan fingerprint density at radius 1 is 1.16 bits per heavy atom. The minimum Gasteiger partial charge on any atom is -0.324 e. The van der Waals surface area contributed by atoms with E-state index in [1.54, 1.807) is 0 Å². The van der Waals surface area contributed by atoms with Crippen molar-refractivity contribution >= 4 is 0 Å². The number of hydrogen-bond donors (Lipinski definition) is 1. The van der Waals surface area contributed by atoms with Crippen LogP contribution in [0.3, 0.4) is 0 Å². The lowest BCUT2D eigenvalue weighted by molar-refractivity contribution is 0.232. The summed E-state index contributed by atoms with van der Waals surface area (Å²) >= 11 is 0. The highest BCUT2D eigenvalue weighted by Gasteiger charge is 2.26. The lowest BCUT2D eigenvalue weighted by atomic mass is 9.75. The average molecular weight is 263 g/mol. The SMILES string of the molecule is CCCCC1CCC(C(N)c2ccc(F)cc2)CC1. The molecule has 0 aliphatic heterocycles. The fraction of sp³-hybridized carbons (Fsp3) is 0.647. The van der Waals surface area contributed by atoms with Crippen LogP contribution in [0.2, 0.25) is 0 Å². The third-order valence-corrected chi connectivity index (χ3v) is 4.62. The highest BCUT2D eigenvalue weighted by atomic mass is 19.1. The summed E-state index contributed by atoms with van der Waals surface area (Å²) in [7, 11) is 0. The Hall–Kier alpha value is -0.890. The molecule has 1 fully saturated rings. The molecule has 2 rings (SSSR count). The minimum atomic E-state index is -0.181. The highest BCUT2D eigenvalue weighted by Crippen LogP contribution is 2.37. The molecule has 0 aromatic heterocycles.